The number of amides is 1. The van der Waals surface area contributed by atoms with E-state index in [-0.39, 0.29) is 11.9 Å². The van der Waals surface area contributed by atoms with Gasteiger partial charge in [0.25, 0.3) is 0 Å². The van der Waals surface area contributed by atoms with Crippen LogP contribution < -0.4 is 5.32 Å². The Morgan fingerprint density at radius 1 is 1.62 bits per heavy atom. The zero-order valence-electron chi connectivity index (χ0n) is 9.60. The largest absolute Gasteiger partial charge is 0.335 e. The summed E-state index contributed by atoms with van der Waals surface area (Å²) in [7, 11) is 1.82. The minimum absolute atomic E-state index is 0.0251. The lowest BCUT2D eigenvalue weighted by molar-refractivity contribution is -0.129. The molecule has 0 spiro atoms. The minimum atomic E-state index is -0.0251. The Morgan fingerprint density at radius 3 is 3.06 bits per heavy atom. The molecular formula is C11H16N4O. The molecule has 0 bridgehead atoms. The van der Waals surface area contributed by atoms with Gasteiger partial charge in [-0.2, -0.15) is 0 Å². The third-order valence-electron chi connectivity index (χ3n) is 2.83. The minimum Gasteiger partial charge on any atom is -0.335 e. The van der Waals surface area contributed by atoms with Crippen LogP contribution in [0.2, 0.25) is 0 Å². The van der Waals surface area contributed by atoms with Gasteiger partial charge in [0.1, 0.15) is 5.82 Å². The molecule has 0 aromatic carbocycles. The molecule has 1 atom stereocenters. The van der Waals surface area contributed by atoms with E-state index in [2.05, 4.69) is 15.3 Å². The average molecular weight is 220 g/mol. The molecule has 1 unspecified atom stereocenters. The zero-order valence-corrected chi connectivity index (χ0v) is 9.60. The van der Waals surface area contributed by atoms with Gasteiger partial charge in [0.05, 0.1) is 18.3 Å². The van der Waals surface area contributed by atoms with Gasteiger partial charge in [0.15, 0.2) is 0 Å². The predicted molar refractivity (Wildman–Crippen MR) is 59.7 cm³/mol. The van der Waals surface area contributed by atoms with Crippen molar-refractivity contribution >= 4 is 5.91 Å². The molecule has 1 aliphatic rings. The van der Waals surface area contributed by atoms with Crippen LogP contribution in [0.1, 0.15) is 17.9 Å². The summed E-state index contributed by atoms with van der Waals surface area (Å²) in [6, 6.07) is 1.83. The van der Waals surface area contributed by atoms with Gasteiger partial charge in [-0.05, 0) is 26.5 Å². The van der Waals surface area contributed by atoms with Crippen LogP contribution in [0, 0.1) is 6.92 Å². The maximum Gasteiger partial charge on any atom is 0.240 e. The number of aryl methyl sites for hydroxylation is 1. The Bertz CT molecular complexity index is 393. The number of aromatic nitrogens is 2. The number of carbonyl (C=O) groups is 1. The van der Waals surface area contributed by atoms with Gasteiger partial charge in [-0.1, -0.05) is 0 Å². The Balaban J connectivity index is 2.03. The molecule has 1 amide bonds. The second-order valence-corrected chi connectivity index (χ2v) is 3.98. The summed E-state index contributed by atoms with van der Waals surface area (Å²) < 4.78 is 0. The molecule has 5 nitrogen and oxygen atoms in total. The van der Waals surface area contributed by atoms with Gasteiger partial charge in [-0.3, -0.25) is 4.79 Å². The van der Waals surface area contributed by atoms with Crippen LogP contribution in [-0.4, -0.2) is 40.4 Å². The maximum atomic E-state index is 11.8. The lowest BCUT2D eigenvalue weighted by Gasteiger charge is -2.15. The van der Waals surface area contributed by atoms with Crippen molar-refractivity contribution in [2.45, 2.75) is 25.9 Å². The fraction of sp³-hybridized carbons (Fsp3) is 0.545. The Hall–Kier alpha value is -1.49. The molecule has 1 aliphatic heterocycles. The Kier molecular flexibility index (Phi) is 3.14. The van der Waals surface area contributed by atoms with Crippen molar-refractivity contribution in [2.75, 3.05) is 13.6 Å². The van der Waals surface area contributed by atoms with Gasteiger partial charge in [0, 0.05) is 12.7 Å². The predicted octanol–water partition coefficient (Wildman–Crippen LogP) is 0.105. The summed E-state index contributed by atoms with van der Waals surface area (Å²) in [5.41, 5.74) is 0.901. The summed E-state index contributed by atoms with van der Waals surface area (Å²) in [5.74, 6) is 0.910. The lowest BCUT2D eigenvalue weighted by Crippen LogP contribution is -2.36. The van der Waals surface area contributed by atoms with Gasteiger partial charge in [-0.25, -0.2) is 9.97 Å². The Morgan fingerprint density at radius 2 is 2.44 bits per heavy atom. The number of hydrogen-bond donors (Lipinski definition) is 1. The van der Waals surface area contributed by atoms with Crippen molar-refractivity contribution in [1.29, 1.82) is 0 Å². The molecule has 86 valence electrons. The first kappa shape index (κ1) is 11.0. The van der Waals surface area contributed by atoms with Crippen LogP contribution in [0.25, 0.3) is 0 Å². The smallest absolute Gasteiger partial charge is 0.240 e. The van der Waals surface area contributed by atoms with E-state index >= 15 is 0 Å². The molecule has 1 N–H and O–H groups in total. The van der Waals surface area contributed by atoms with Crippen molar-refractivity contribution in [2.24, 2.45) is 0 Å². The number of nitrogens with zero attached hydrogens (tertiary/aromatic N) is 3. The molecule has 0 aliphatic carbocycles. The Labute approximate surface area is 94.9 Å². The molecule has 1 saturated heterocycles. The van der Waals surface area contributed by atoms with Crippen LogP contribution in [0.5, 0.6) is 0 Å². The maximum absolute atomic E-state index is 11.8. The highest BCUT2D eigenvalue weighted by atomic mass is 16.2. The summed E-state index contributed by atoms with van der Waals surface area (Å²) in [5, 5.41) is 3.02. The standard InChI is InChI=1S/C11H16N4O/c1-8-13-5-3-9(14-8)7-15-6-4-10(12-2)11(15)16/h3,5,10,12H,4,6-7H2,1-2H3. The summed E-state index contributed by atoms with van der Waals surface area (Å²) in [6.07, 6.45) is 2.60. The van der Waals surface area contributed by atoms with E-state index in [1.165, 1.54) is 0 Å². The van der Waals surface area contributed by atoms with Crippen molar-refractivity contribution < 1.29 is 4.79 Å². The average Bonchev–Trinajstić information content (AvgIpc) is 2.60. The molecule has 2 rings (SSSR count). The summed E-state index contributed by atoms with van der Waals surface area (Å²) >= 11 is 0. The van der Waals surface area contributed by atoms with E-state index in [9.17, 15) is 4.79 Å². The van der Waals surface area contributed by atoms with E-state index in [0.29, 0.717) is 6.54 Å². The summed E-state index contributed by atoms with van der Waals surface area (Å²) in [6.45, 7) is 3.24. The van der Waals surface area contributed by atoms with Gasteiger partial charge in [-0.15, -0.1) is 0 Å². The molecule has 0 saturated carbocycles. The highest BCUT2D eigenvalue weighted by molar-refractivity contribution is 5.83. The first-order valence-corrected chi connectivity index (χ1v) is 5.45. The second kappa shape index (κ2) is 4.57. The third kappa shape index (κ3) is 2.19. The van der Waals surface area contributed by atoms with E-state index in [1.807, 2.05) is 24.9 Å². The van der Waals surface area contributed by atoms with Crippen molar-refractivity contribution in [1.82, 2.24) is 20.2 Å². The molecule has 1 aromatic heterocycles. The van der Waals surface area contributed by atoms with Gasteiger partial charge < -0.3 is 10.2 Å². The number of hydrogen-bond acceptors (Lipinski definition) is 4. The monoisotopic (exact) mass is 220 g/mol. The van der Waals surface area contributed by atoms with Gasteiger partial charge >= 0.3 is 0 Å². The first-order valence-electron chi connectivity index (χ1n) is 5.45. The van der Waals surface area contributed by atoms with Crippen LogP contribution in [0.4, 0.5) is 0 Å². The molecule has 16 heavy (non-hydrogen) atoms. The number of rotatable bonds is 3. The van der Waals surface area contributed by atoms with E-state index in [4.69, 9.17) is 0 Å². The number of carbonyl (C=O) groups excluding carboxylic acids is 1. The summed E-state index contributed by atoms with van der Waals surface area (Å²) in [4.78, 5) is 22.0. The normalized spacial score (nSPS) is 20.5. The zero-order chi connectivity index (χ0) is 11.5. The number of likely N-dealkylation sites (N-methyl/N-ethyl adjacent to an activating group) is 1. The molecule has 5 heteroatoms. The van der Waals surface area contributed by atoms with Crippen LogP contribution in [0.15, 0.2) is 12.3 Å². The topological polar surface area (TPSA) is 58.1 Å². The number of nitrogens with one attached hydrogen (secondary N) is 1. The highest BCUT2D eigenvalue weighted by Crippen LogP contribution is 2.13. The van der Waals surface area contributed by atoms with E-state index in [0.717, 1.165) is 24.5 Å². The third-order valence-corrected chi connectivity index (χ3v) is 2.83. The van der Waals surface area contributed by atoms with Crippen molar-refractivity contribution in [3.8, 4) is 0 Å². The first-order chi connectivity index (χ1) is 7.70. The van der Waals surface area contributed by atoms with Crippen LogP contribution in [0.3, 0.4) is 0 Å². The lowest BCUT2D eigenvalue weighted by atomic mass is 10.2. The quantitative estimate of drug-likeness (QED) is 0.785. The van der Waals surface area contributed by atoms with Crippen LogP contribution in [-0.2, 0) is 11.3 Å². The molecule has 2 heterocycles. The van der Waals surface area contributed by atoms with Crippen molar-refractivity contribution in [3.05, 3.63) is 23.8 Å². The van der Waals surface area contributed by atoms with E-state index in [1.54, 1.807) is 6.20 Å². The second-order valence-electron chi connectivity index (χ2n) is 3.98. The fourth-order valence-corrected chi connectivity index (χ4v) is 1.95. The molecular weight excluding hydrogens is 204 g/mol. The number of likely N-dealkylation sites (tertiary alicyclic amines) is 1. The molecule has 1 aromatic rings. The fourth-order valence-electron chi connectivity index (χ4n) is 1.95. The SMILES string of the molecule is CNC1CCN(Cc2ccnc(C)n2)C1=O. The van der Waals surface area contributed by atoms with Crippen molar-refractivity contribution in [3.63, 3.8) is 0 Å². The van der Waals surface area contributed by atoms with Gasteiger partial charge in [0.2, 0.25) is 5.91 Å². The van der Waals surface area contributed by atoms with Crippen LogP contribution >= 0.6 is 0 Å². The van der Waals surface area contributed by atoms with E-state index < -0.39 is 0 Å². The highest BCUT2D eigenvalue weighted by Gasteiger charge is 2.30. The molecule has 1 fully saturated rings. The molecule has 0 radical (unpaired) electrons.